The molecule has 3 nitrogen and oxygen atoms in total. The van der Waals surface area contributed by atoms with Gasteiger partial charge in [0.05, 0.1) is 6.10 Å². The van der Waals surface area contributed by atoms with Gasteiger partial charge in [-0.2, -0.15) is 0 Å². The summed E-state index contributed by atoms with van der Waals surface area (Å²) >= 11 is 0. The van der Waals surface area contributed by atoms with E-state index >= 15 is 0 Å². The van der Waals surface area contributed by atoms with E-state index in [-0.39, 0.29) is 5.92 Å². The Balaban J connectivity index is 1.96. The van der Waals surface area contributed by atoms with Crippen molar-refractivity contribution >= 4 is 0 Å². The van der Waals surface area contributed by atoms with Crippen molar-refractivity contribution in [1.29, 1.82) is 0 Å². The largest absolute Gasteiger partial charge is 0.392 e. The zero-order valence-electron chi connectivity index (χ0n) is 11.9. The summed E-state index contributed by atoms with van der Waals surface area (Å²) in [6.07, 6.45) is 4.63. The number of nitrogens with two attached hydrogens (primary N) is 1. The molecule has 20 heavy (non-hydrogen) atoms. The highest BCUT2D eigenvalue weighted by molar-refractivity contribution is 5.22. The van der Waals surface area contributed by atoms with Crippen molar-refractivity contribution in [3.63, 3.8) is 0 Å². The first-order valence-corrected chi connectivity index (χ1v) is 7.04. The van der Waals surface area contributed by atoms with Crippen LogP contribution in [0, 0.1) is 6.92 Å². The van der Waals surface area contributed by atoms with Crippen molar-refractivity contribution in [2.45, 2.75) is 31.8 Å². The van der Waals surface area contributed by atoms with Gasteiger partial charge in [-0.1, -0.05) is 29.8 Å². The highest BCUT2D eigenvalue weighted by Gasteiger charge is 2.19. The third-order valence-corrected chi connectivity index (χ3v) is 3.70. The summed E-state index contributed by atoms with van der Waals surface area (Å²) in [6.45, 7) is 2.52. The second kappa shape index (κ2) is 7.17. The molecule has 3 heteroatoms. The van der Waals surface area contributed by atoms with Gasteiger partial charge in [0, 0.05) is 24.9 Å². The molecule has 0 aliphatic carbocycles. The maximum atomic E-state index is 10.4. The smallest absolute Gasteiger partial charge is 0.0624 e. The van der Waals surface area contributed by atoms with Crippen LogP contribution in [0.2, 0.25) is 0 Å². The van der Waals surface area contributed by atoms with Crippen molar-refractivity contribution in [3.05, 3.63) is 65.5 Å². The van der Waals surface area contributed by atoms with Gasteiger partial charge in [-0.25, -0.2) is 0 Å². The number of rotatable bonds is 6. The summed E-state index contributed by atoms with van der Waals surface area (Å²) in [5, 5.41) is 10.4. The first-order chi connectivity index (χ1) is 9.70. The third kappa shape index (κ3) is 3.89. The van der Waals surface area contributed by atoms with Crippen LogP contribution in [0.4, 0.5) is 0 Å². The number of aromatic nitrogens is 1. The molecule has 2 unspecified atom stereocenters. The number of pyridine rings is 1. The molecule has 106 valence electrons. The van der Waals surface area contributed by atoms with Crippen molar-refractivity contribution in [3.8, 4) is 0 Å². The summed E-state index contributed by atoms with van der Waals surface area (Å²) in [7, 11) is 0. The van der Waals surface area contributed by atoms with Crippen LogP contribution in [0.3, 0.4) is 0 Å². The van der Waals surface area contributed by atoms with Crippen molar-refractivity contribution in [1.82, 2.24) is 4.98 Å². The quantitative estimate of drug-likeness (QED) is 0.847. The molecule has 0 aliphatic heterocycles. The van der Waals surface area contributed by atoms with Crippen molar-refractivity contribution in [2.24, 2.45) is 5.73 Å². The maximum absolute atomic E-state index is 10.4. The van der Waals surface area contributed by atoms with Gasteiger partial charge >= 0.3 is 0 Å². The van der Waals surface area contributed by atoms with Gasteiger partial charge in [0.1, 0.15) is 0 Å². The van der Waals surface area contributed by atoms with Crippen LogP contribution in [-0.2, 0) is 6.42 Å². The number of aryl methyl sites for hydroxylation is 2. The van der Waals surface area contributed by atoms with Crippen LogP contribution in [0.1, 0.15) is 29.0 Å². The molecule has 1 heterocycles. The van der Waals surface area contributed by atoms with Gasteiger partial charge in [-0.05, 0) is 43.0 Å². The molecule has 1 aromatic heterocycles. The number of aliphatic hydroxyl groups is 1. The van der Waals surface area contributed by atoms with E-state index in [1.165, 1.54) is 11.1 Å². The molecule has 2 aromatic rings. The maximum Gasteiger partial charge on any atom is 0.0624 e. The third-order valence-electron chi connectivity index (χ3n) is 3.70. The summed E-state index contributed by atoms with van der Waals surface area (Å²) in [6, 6.07) is 12.3. The summed E-state index contributed by atoms with van der Waals surface area (Å²) in [5.41, 5.74) is 9.37. The van der Waals surface area contributed by atoms with E-state index in [1.807, 2.05) is 12.1 Å². The molecular formula is C17H22N2O. The van der Waals surface area contributed by atoms with Crippen LogP contribution in [0.15, 0.2) is 48.8 Å². The SMILES string of the molecule is Cc1ccc(CCC(O)C(CN)c2ccncc2)cc1. The predicted molar refractivity (Wildman–Crippen MR) is 81.5 cm³/mol. The normalized spacial score (nSPS) is 13.9. The summed E-state index contributed by atoms with van der Waals surface area (Å²) < 4.78 is 0. The molecule has 1 aromatic carbocycles. The minimum absolute atomic E-state index is 0.0246. The Morgan fingerprint density at radius 3 is 2.35 bits per heavy atom. The Kier molecular flexibility index (Phi) is 5.27. The van der Waals surface area contributed by atoms with Gasteiger partial charge in [0.2, 0.25) is 0 Å². The van der Waals surface area contributed by atoms with Crippen LogP contribution in [0.5, 0.6) is 0 Å². The Hall–Kier alpha value is -1.71. The van der Waals surface area contributed by atoms with E-state index in [4.69, 9.17) is 5.73 Å². The molecule has 0 bridgehead atoms. The second-order valence-electron chi connectivity index (χ2n) is 5.21. The van der Waals surface area contributed by atoms with Gasteiger partial charge in [-0.3, -0.25) is 4.98 Å². The highest BCUT2D eigenvalue weighted by atomic mass is 16.3. The molecule has 2 rings (SSSR count). The lowest BCUT2D eigenvalue weighted by Gasteiger charge is -2.21. The number of hydrogen-bond acceptors (Lipinski definition) is 3. The zero-order valence-corrected chi connectivity index (χ0v) is 11.9. The van der Waals surface area contributed by atoms with Crippen LogP contribution in [0.25, 0.3) is 0 Å². The Bertz CT molecular complexity index is 510. The van der Waals surface area contributed by atoms with E-state index < -0.39 is 6.10 Å². The number of nitrogens with zero attached hydrogens (tertiary/aromatic N) is 1. The fraction of sp³-hybridized carbons (Fsp3) is 0.353. The first kappa shape index (κ1) is 14.7. The lowest BCUT2D eigenvalue weighted by atomic mass is 9.90. The Morgan fingerprint density at radius 2 is 1.75 bits per heavy atom. The molecule has 0 spiro atoms. The van der Waals surface area contributed by atoms with E-state index in [9.17, 15) is 5.11 Å². The Labute approximate surface area is 120 Å². The molecule has 2 atom stereocenters. The molecule has 3 N–H and O–H groups in total. The minimum atomic E-state index is -0.427. The first-order valence-electron chi connectivity index (χ1n) is 7.04. The standard InChI is InChI=1S/C17H22N2O/c1-13-2-4-14(5-3-13)6-7-17(20)16(12-18)15-8-10-19-11-9-15/h2-5,8-11,16-17,20H,6-7,12,18H2,1H3. The molecule has 0 saturated carbocycles. The zero-order chi connectivity index (χ0) is 14.4. The Morgan fingerprint density at radius 1 is 1.10 bits per heavy atom. The number of hydrogen-bond donors (Lipinski definition) is 2. The topological polar surface area (TPSA) is 59.1 Å². The summed E-state index contributed by atoms with van der Waals surface area (Å²) in [5.74, 6) is -0.0246. The van der Waals surface area contributed by atoms with E-state index in [0.29, 0.717) is 13.0 Å². The fourth-order valence-corrected chi connectivity index (χ4v) is 2.40. The van der Waals surface area contributed by atoms with Crippen molar-refractivity contribution in [2.75, 3.05) is 6.54 Å². The minimum Gasteiger partial charge on any atom is -0.392 e. The van der Waals surface area contributed by atoms with Gasteiger partial charge in [-0.15, -0.1) is 0 Å². The monoisotopic (exact) mass is 270 g/mol. The molecule has 0 fully saturated rings. The van der Waals surface area contributed by atoms with Crippen LogP contribution >= 0.6 is 0 Å². The predicted octanol–water partition coefficient (Wildman–Crippen LogP) is 2.43. The number of benzene rings is 1. The highest BCUT2D eigenvalue weighted by Crippen LogP contribution is 2.21. The molecule has 0 saturated heterocycles. The molecule has 0 radical (unpaired) electrons. The van der Waals surface area contributed by atoms with Crippen LogP contribution < -0.4 is 5.73 Å². The molecule has 0 amide bonds. The van der Waals surface area contributed by atoms with E-state index in [0.717, 1.165) is 12.0 Å². The fourth-order valence-electron chi connectivity index (χ4n) is 2.40. The van der Waals surface area contributed by atoms with Gasteiger partial charge < -0.3 is 10.8 Å². The average molecular weight is 270 g/mol. The van der Waals surface area contributed by atoms with Gasteiger partial charge in [0.25, 0.3) is 0 Å². The average Bonchev–Trinajstić information content (AvgIpc) is 2.48. The second-order valence-corrected chi connectivity index (χ2v) is 5.21. The lowest BCUT2D eigenvalue weighted by Crippen LogP contribution is -2.26. The van der Waals surface area contributed by atoms with Gasteiger partial charge in [0.15, 0.2) is 0 Å². The van der Waals surface area contributed by atoms with E-state index in [1.54, 1.807) is 12.4 Å². The van der Waals surface area contributed by atoms with Crippen molar-refractivity contribution < 1.29 is 5.11 Å². The van der Waals surface area contributed by atoms with E-state index in [2.05, 4.69) is 36.2 Å². The molecule has 0 aliphatic rings. The van der Waals surface area contributed by atoms with Crippen LogP contribution in [-0.4, -0.2) is 22.7 Å². The lowest BCUT2D eigenvalue weighted by molar-refractivity contribution is 0.136. The summed E-state index contributed by atoms with van der Waals surface area (Å²) in [4.78, 5) is 4.00. The molecular weight excluding hydrogens is 248 g/mol. The number of aliphatic hydroxyl groups excluding tert-OH is 1.